The highest BCUT2D eigenvalue weighted by molar-refractivity contribution is 5.23. The molecule has 0 fully saturated rings. The van der Waals surface area contributed by atoms with Gasteiger partial charge in [0.2, 0.25) is 0 Å². The van der Waals surface area contributed by atoms with E-state index in [2.05, 4.69) is 30.6 Å². The molecular formula is C13H24N2. The van der Waals surface area contributed by atoms with Gasteiger partial charge in [0, 0.05) is 32.2 Å². The largest absolute Gasteiger partial charge is 0.299 e. The zero-order valence-electron chi connectivity index (χ0n) is 10.4. The summed E-state index contributed by atoms with van der Waals surface area (Å²) in [6.45, 7) is 13.1. The van der Waals surface area contributed by atoms with Crippen LogP contribution in [0.2, 0.25) is 0 Å². The fourth-order valence-corrected chi connectivity index (χ4v) is 2.71. The van der Waals surface area contributed by atoms with E-state index in [1.807, 2.05) is 0 Å². The first kappa shape index (κ1) is 11.2. The van der Waals surface area contributed by atoms with Crippen LogP contribution in [0.3, 0.4) is 0 Å². The second-order valence-electron chi connectivity index (χ2n) is 5.14. The van der Waals surface area contributed by atoms with Crippen LogP contribution in [0.15, 0.2) is 11.1 Å². The summed E-state index contributed by atoms with van der Waals surface area (Å²) in [7, 11) is 0. The molecule has 0 radical (unpaired) electrons. The van der Waals surface area contributed by atoms with Crippen molar-refractivity contribution in [2.24, 2.45) is 0 Å². The van der Waals surface area contributed by atoms with Crippen LogP contribution >= 0.6 is 0 Å². The van der Waals surface area contributed by atoms with E-state index in [9.17, 15) is 0 Å². The van der Waals surface area contributed by atoms with Gasteiger partial charge in [-0.3, -0.25) is 9.80 Å². The van der Waals surface area contributed by atoms with Crippen LogP contribution in [0.4, 0.5) is 0 Å². The van der Waals surface area contributed by atoms with Crippen molar-refractivity contribution >= 4 is 0 Å². The SMILES string of the molecule is CCN1CCC2=C(C1)CN(C(C)C)CC2. The lowest BCUT2D eigenvalue weighted by Crippen LogP contribution is -2.42. The zero-order valence-corrected chi connectivity index (χ0v) is 10.4. The number of hydrogen-bond acceptors (Lipinski definition) is 2. The predicted octanol–water partition coefficient (Wildman–Crippen LogP) is 2.12. The Hall–Kier alpha value is -0.340. The number of hydrogen-bond donors (Lipinski definition) is 0. The highest BCUT2D eigenvalue weighted by Gasteiger charge is 2.24. The molecule has 0 N–H and O–H groups in total. The highest BCUT2D eigenvalue weighted by atomic mass is 15.2. The first-order valence-electron chi connectivity index (χ1n) is 6.37. The average Bonchev–Trinajstić information content (AvgIpc) is 2.27. The Morgan fingerprint density at radius 3 is 2.47 bits per heavy atom. The van der Waals surface area contributed by atoms with Crippen LogP contribution in [0.25, 0.3) is 0 Å². The van der Waals surface area contributed by atoms with Crippen LogP contribution in [-0.2, 0) is 0 Å². The van der Waals surface area contributed by atoms with E-state index in [-0.39, 0.29) is 0 Å². The Morgan fingerprint density at radius 2 is 1.80 bits per heavy atom. The molecule has 0 aromatic heterocycles. The first-order valence-corrected chi connectivity index (χ1v) is 6.37. The van der Waals surface area contributed by atoms with E-state index in [1.54, 1.807) is 11.1 Å². The minimum atomic E-state index is 0.705. The molecule has 0 amide bonds. The summed E-state index contributed by atoms with van der Waals surface area (Å²) in [4.78, 5) is 5.18. The maximum atomic E-state index is 2.61. The standard InChI is InChI=1S/C13H24N2/c1-4-14-7-5-12-6-8-15(11(2)3)10-13(12)9-14/h11H,4-10H2,1-3H3. The van der Waals surface area contributed by atoms with Gasteiger partial charge in [0.05, 0.1) is 0 Å². The monoisotopic (exact) mass is 208 g/mol. The molecule has 2 heterocycles. The molecule has 0 saturated carbocycles. The van der Waals surface area contributed by atoms with Crippen molar-refractivity contribution < 1.29 is 0 Å². The van der Waals surface area contributed by atoms with Gasteiger partial charge in [0.15, 0.2) is 0 Å². The van der Waals surface area contributed by atoms with Gasteiger partial charge in [-0.2, -0.15) is 0 Å². The lowest BCUT2D eigenvalue weighted by atomic mass is 9.93. The smallest absolute Gasteiger partial charge is 0.0211 e. The second-order valence-corrected chi connectivity index (χ2v) is 5.14. The molecule has 2 heteroatoms. The summed E-state index contributed by atoms with van der Waals surface area (Å²) < 4.78 is 0. The quantitative estimate of drug-likeness (QED) is 0.641. The third-order valence-corrected chi connectivity index (χ3v) is 3.92. The van der Waals surface area contributed by atoms with E-state index in [1.165, 1.54) is 45.6 Å². The molecule has 2 aliphatic rings. The van der Waals surface area contributed by atoms with Crippen LogP contribution in [0.1, 0.15) is 33.6 Å². The molecule has 2 rings (SSSR count). The van der Waals surface area contributed by atoms with E-state index < -0.39 is 0 Å². The minimum absolute atomic E-state index is 0.705. The molecule has 2 aliphatic heterocycles. The summed E-state index contributed by atoms with van der Waals surface area (Å²) in [5.41, 5.74) is 3.50. The lowest BCUT2D eigenvalue weighted by molar-refractivity contribution is 0.203. The van der Waals surface area contributed by atoms with Gasteiger partial charge in [-0.1, -0.05) is 12.5 Å². The van der Waals surface area contributed by atoms with Crippen molar-refractivity contribution in [1.82, 2.24) is 9.80 Å². The van der Waals surface area contributed by atoms with Crippen molar-refractivity contribution in [3.63, 3.8) is 0 Å². The van der Waals surface area contributed by atoms with E-state index >= 15 is 0 Å². The van der Waals surface area contributed by atoms with Crippen molar-refractivity contribution in [1.29, 1.82) is 0 Å². The van der Waals surface area contributed by atoms with Gasteiger partial charge in [-0.25, -0.2) is 0 Å². The van der Waals surface area contributed by atoms with Gasteiger partial charge in [0.25, 0.3) is 0 Å². The normalized spacial score (nSPS) is 24.8. The van der Waals surface area contributed by atoms with Gasteiger partial charge in [-0.05, 0) is 38.8 Å². The molecular weight excluding hydrogens is 184 g/mol. The van der Waals surface area contributed by atoms with Crippen molar-refractivity contribution in [3.8, 4) is 0 Å². The summed E-state index contributed by atoms with van der Waals surface area (Å²) in [5, 5.41) is 0. The topological polar surface area (TPSA) is 6.48 Å². The Bertz CT molecular complexity index is 255. The summed E-state index contributed by atoms with van der Waals surface area (Å²) in [5.74, 6) is 0. The van der Waals surface area contributed by atoms with Crippen LogP contribution < -0.4 is 0 Å². The Labute approximate surface area is 93.9 Å². The van der Waals surface area contributed by atoms with E-state index in [0.717, 1.165) is 0 Å². The second kappa shape index (κ2) is 4.67. The summed E-state index contributed by atoms with van der Waals surface area (Å²) >= 11 is 0. The third kappa shape index (κ3) is 2.43. The molecule has 0 unspecified atom stereocenters. The number of nitrogens with zero attached hydrogens (tertiary/aromatic N) is 2. The molecule has 0 aliphatic carbocycles. The Balaban J connectivity index is 2.03. The fourth-order valence-electron chi connectivity index (χ4n) is 2.71. The van der Waals surface area contributed by atoms with Gasteiger partial charge in [-0.15, -0.1) is 0 Å². The van der Waals surface area contributed by atoms with E-state index in [0.29, 0.717) is 6.04 Å². The number of rotatable bonds is 2. The molecule has 0 spiro atoms. The maximum Gasteiger partial charge on any atom is 0.0211 e. The molecule has 15 heavy (non-hydrogen) atoms. The molecule has 0 aromatic rings. The maximum absolute atomic E-state index is 2.61. The Kier molecular flexibility index (Phi) is 3.47. The lowest BCUT2D eigenvalue weighted by Gasteiger charge is -2.39. The van der Waals surface area contributed by atoms with Crippen LogP contribution in [-0.4, -0.2) is 48.6 Å². The van der Waals surface area contributed by atoms with Gasteiger partial charge in [0.1, 0.15) is 0 Å². The van der Waals surface area contributed by atoms with Gasteiger partial charge < -0.3 is 0 Å². The van der Waals surface area contributed by atoms with Crippen LogP contribution in [0, 0.1) is 0 Å². The zero-order chi connectivity index (χ0) is 10.8. The molecule has 0 atom stereocenters. The van der Waals surface area contributed by atoms with Gasteiger partial charge >= 0.3 is 0 Å². The first-order chi connectivity index (χ1) is 7.20. The fraction of sp³-hybridized carbons (Fsp3) is 0.846. The minimum Gasteiger partial charge on any atom is -0.299 e. The number of likely N-dealkylation sites (N-methyl/N-ethyl adjacent to an activating group) is 1. The molecule has 86 valence electrons. The van der Waals surface area contributed by atoms with Crippen molar-refractivity contribution in [2.75, 3.05) is 32.7 Å². The van der Waals surface area contributed by atoms with E-state index in [4.69, 9.17) is 0 Å². The summed E-state index contributed by atoms with van der Waals surface area (Å²) in [6.07, 6.45) is 2.65. The molecule has 0 aromatic carbocycles. The van der Waals surface area contributed by atoms with Crippen LogP contribution in [0.5, 0.6) is 0 Å². The average molecular weight is 208 g/mol. The molecule has 0 bridgehead atoms. The third-order valence-electron chi connectivity index (χ3n) is 3.92. The molecule has 2 nitrogen and oxygen atoms in total. The predicted molar refractivity (Wildman–Crippen MR) is 65.1 cm³/mol. The molecule has 0 saturated heterocycles. The summed E-state index contributed by atoms with van der Waals surface area (Å²) in [6, 6.07) is 0.705. The highest BCUT2D eigenvalue weighted by Crippen LogP contribution is 2.26. The Morgan fingerprint density at radius 1 is 1.07 bits per heavy atom. The van der Waals surface area contributed by atoms with Crippen molar-refractivity contribution in [2.45, 2.75) is 39.7 Å². The van der Waals surface area contributed by atoms with Crippen molar-refractivity contribution in [3.05, 3.63) is 11.1 Å².